The summed E-state index contributed by atoms with van der Waals surface area (Å²) in [6.45, 7) is 1.89. The first-order valence-electron chi connectivity index (χ1n) is 5.82. The molecule has 0 atom stereocenters. The van der Waals surface area contributed by atoms with Crippen LogP contribution in [0.3, 0.4) is 0 Å². The molecule has 98 valence electrons. The van der Waals surface area contributed by atoms with E-state index in [4.69, 9.17) is 4.74 Å². The van der Waals surface area contributed by atoms with Crippen molar-refractivity contribution in [1.29, 1.82) is 0 Å². The maximum Gasteiger partial charge on any atom is 0.323 e. The summed E-state index contributed by atoms with van der Waals surface area (Å²) >= 11 is 0. The van der Waals surface area contributed by atoms with Crippen molar-refractivity contribution in [1.82, 2.24) is 4.98 Å². The number of hydrogen-bond acceptors (Lipinski definition) is 3. The summed E-state index contributed by atoms with van der Waals surface area (Å²) in [4.78, 5) is 15.8. The van der Waals surface area contributed by atoms with Crippen LogP contribution in [-0.4, -0.2) is 18.1 Å². The van der Waals surface area contributed by atoms with Gasteiger partial charge in [-0.25, -0.2) is 4.79 Å². The smallest absolute Gasteiger partial charge is 0.323 e. The van der Waals surface area contributed by atoms with Gasteiger partial charge in [-0.15, -0.1) is 0 Å². The van der Waals surface area contributed by atoms with Crippen molar-refractivity contribution in [2.75, 3.05) is 17.7 Å². The Hall–Kier alpha value is -2.56. The van der Waals surface area contributed by atoms with E-state index in [0.29, 0.717) is 11.4 Å². The maximum atomic E-state index is 11.7. The fourth-order valence-corrected chi connectivity index (χ4v) is 1.51. The number of ether oxygens (including phenoxy) is 1. The minimum absolute atomic E-state index is 0.309. The van der Waals surface area contributed by atoms with Crippen LogP contribution >= 0.6 is 0 Å². The predicted octanol–water partition coefficient (Wildman–Crippen LogP) is 3.04. The summed E-state index contributed by atoms with van der Waals surface area (Å²) in [5.41, 5.74) is 2.25. The van der Waals surface area contributed by atoms with Crippen molar-refractivity contribution in [2.24, 2.45) is 0 Å². The van der Waals surface area contributed by atoms with Crippen molar-refractivity contribution in [3.05, 3.63) is 48.3 Å². The summed E-state index contributed by atoms with van der Waals surface area (Å²) in [6.07, 6.45) is 1.61. The van der Waals surface area contributed by atoms with Crippen LogP contribution in [-0.2, 0) is 0 Å². The van der Waals surface area contributed by atoms with Crippen LogP contribution in [0, 0.1) is 6.92 Å². The van der Waals surface area contributed by atoms with Crippen LogP contribution in [0.25, 0.3) is 0 Å². The van der Waals surface area contributed by atoms with E-state index in [2.05, 4.69) is 15.6 Å². The van der Waals surface area contributed by atoms with Gasteiger partial charge in [-0.3, -0.25) is 4.98 Å². The first-order chi connectivity index (χ1) is 9.17. The number of hydrogen-bond donors (Lipinski definition) is 2. The van der Waals surface area contributed by atoms with E-state index in [1.165, 1.54) is 0 Å². The lowest BCUT2D eigenvalue weighted by molar-refractivity contribution is 0.262. The van der Waals surface area contributed by atoms with E-state index in [-0.39, 0.29) is 6.03 Å². The number of methoxy groups -OCH3 is 1. The SMILES string of the molecule is COc1ccc(NC(=O)Nc2ccc(C)nc2)cc1. The number of rotatable bonds is 3. The topological polar surface area (TPSA) is 63.2 Å². The second-order valence-corrected chi connectivity index (χ2v) is 4.00. The first kappa shape index (κ1) is 12.9. The normalized spacial score (nSPS) is 9.79. The Morgan fingerprint density at radius 3 is 2.26 bits per heavy atom. The Balaban J connectivity index is 1.95. The van der Waals surface area contributed by atoms with Crippen LogP contribution in [0.15, 0.2) is 42.6 Å². The van der Waals surface area contributed by atoms with Crippen LogP contribution in [0.4, 0.5) is 16.2 Å². The lowest BCUT2D eigenvalue weighted by Gasteiger charge is -2.08. The molecule has 0 spiro atoms. The molecule has 0 bridgehead atoms. The Bertz CT molecular complexity index is 550. The van der Waals surface area contributed by atoms with Gasteiger partial charge in [-0.05, 0) is 43.3 Å². The van der Waals surface area contributed by atoms with Crippen LogP contribution in [0.5, 0.6) is 5.75 Å². The monoisotopic (exact) mass is 257 g/mol. The molecule has 2 amide bonds. The number of nitrogens with one attached hydrogen (secondary N) is 2. The number of aryl methyl sites for hydroxylation is 1. The van der Waals surface area contributed by atoms with E-state index in [1.54, 1.807) is 43.6 Å². The third-order valence-corrected chi connectivity index (χ3v) is 2.52. The van der Waals surface area contributed by atoms with Gasteiger partial charge < -0.3 is 15.4 Å². The molecule has 19 heavy (non-hydrogen) atoms. The van der Waals surface area contributed by atoms with E-state index >= 15 is 0 Å². The Kier molecular flexibility index (Phi) is 3.97. The number of amides is 2. The average Bonchev–Trinajstić information content (AvgIpc) is 2.42. The molecule has 1 aromatic heterocycles. The first-order valence-corrected chi connectivity index (χ1v) is 5.82. The Morgan fingerprint density at radius 1 is 1.05 bits per heavy atom. The van der Waals surface area contributed by atoms with Crippen LogP contribution < -0.4 is 15.4 Å². The summed E-state index contributed by atoms with van der Waals surface area (Å²) in [6, 6.07) is 10.4. The van der Waals surface area contributed by atoms with Crippen LogP contribution in [0.2, 0.25) is 0 Å². The minimum Gasteiger partial charge on any atom is -0.497 e. The van der Waals surface area contributed by atoms with E-state index in [9.17, 15) is 4.79 Å². The van der Waals surface area contributed by atoms with Crippen molar-refractivity contribution in [3.8, 4) is 5.75 Å². The molecular weight excluding hydrogens is 242 g/mol. The van der Waals surface area contributed by atoms with E-state index < -0.39 is 0 Å². The van der Waals surface area contributed by atoms with Gasteiger partial charge in [-0.1, -0.05) is 0 Å². The number of benzene rings is 1. The van der Waals surface area contributed by atoms with Gasteiger partial charge >= 0.3 is 6.03 Å². The summed E-state index contributed by atoms with van der Waals surface area (Å²) in [5.74, 6) is 0.744. The number of pyridine rings is 1. The molecule has 2 aromatic rings. The summed E-state index contributed by atoms with van der Waals surface area (Å²) in [7, 11) is 1.60. The molecule has 5 nitrogen and oxygen atoms in total. The number of carbonyl (C=O) groups excluding carboxylic acids is 1. The summed E-state index contributed by atoms with van der Waals surface area (Å²) < 4.78 is 5.04. The second-order valence-electron chi connectivity index (χ2n) is 4.00. The third kappa shape index (κ3) is 3.70. The van der Waals surface area contributed by atoms with Gasteiger partial charge in [0, 0.05) is 11.4 Å². The maximum absolute atomic E-state index is 11.7. The zero-order valence-corrected chi connectivity index (χ0v) is 10.8. The molecule has 5 heteroatoms. The largest absolute Gasteiger partial charge is 0.497 e. The van der Waals surface area contributed by atoms with Gasteiger partial charge in [0.1, 0.15) is 5.75 Å². The lowest BCUT2D eigenvalue weighted by atomic mass is 10.3. The zero-order chi connectivity index (χ0) is 13.7. The van der Waals surface area contributed by atoms with Gasteiger partial charge in [-0.2, -0.15) is 0 Å². The molecule has 1 aromatic carbocycles. The highest BCUT2D eigenvalue weighted by Gasteiger charge is 2.02. The van der Waals surface area contributed by atoms with Crippen molar-refractivity contribution in [3.63, 3.8) is 0 Å². The molecule has 0 saturated carbocycles. The Morgan fingerprint density at radius 2 is 1.68 bits per heavy atom. The lowest BCUT2D eigenvalue weighted by Crippen LogP contribution is -2.19. The highest BCUT2D eigenvalue weighted by molar-refractivity contribution is 5.99. The molecular formula is C14H15N3O2. The zero-order valence-electron chi connectivity index (χ0n) is 10.8. The highest BCUT2D eigenvalue weighted by atomic mass is 16.5. The van der Waals surface area contributed by atoms with Crippen molar-refractivity contribution < 1.29 is 9.53 Å². The average molecular weight is 257 g/mol. The van der Waals surface area contributed by atoms with Gasteiger partial charge in [0.05, 0.1) is 19.0 Å². The molecule has 0 aliphatic carbocycles. The van der Waals surface area contributed by atoms with E-state index in [0.717, 1.165) is 11.4 Å². The molecule has 1 heterocycles. The van der Waals surface area contributed by atoms with E-state index in [1.807, 2.05) is 13.0 Å². The molecule has 0 fully saturated rings. The number of anilines is 2. The molecule has 0 aliphatic rings. The predicted molar refractivity (Wildman–Crippen MR) is 74.6 cm³/mol. The van der Waals surface area contributed by atoms with Crippen molar-refractivity contribution >= 4 is 17.4 Å². The van der Waals surface area contributed by atoms with Gasteiger partial charge in [0.15, 0.2) is 0 Å². The fourth-order valence-electron chi connectivity index (χ4n) is 1.51. The minimum atomic E-state index is -0.309. The quantitative estimate of drug-likeness (QED) is 0.888. The number of urea groups is 1. The van der Waals surface area contributed by atoms with Crippen molar-refractivity contribution in [2.45, 2.75) is 6.92 Å². The third-order valence-electron chi connectivity index (χ3n) is 2.52. The molecule has 0 radical (unpaired) electrons. The van der Waals surface area contributed by atoms with Gasteiger partial charge in [0.2, 0.25) is 0 Å². The molecule has 0 unspecified atom stereocenters. The standard InChI is InChI=1S/C14H15N3O2/c1-10-3-4-12(9-15-10)17-14(18)16-11-5-7-13(19-2)8-6-11/h3-9H,1-2H3,(H2,16,17,18). The highest BCUT2D eigenvalue weighted by Crippen LogP contribution is 2.15. The number of aromatic nitrogens is 1. The molecule has 0 saturated heterocycles. The fraction of sp³-hybridized carbons (Fsp3) is 0.143. The molecule has 2 rings (SSSR count). The second kappa shape index (κ2) is 5.86. The summed E-state index contributed by atoms with van der Waals surface area (Å²) in [5, 5.41) is 5.43. The Labute approximate surface area is 111 Å². The van der Waals surface area contributed by atoms with Gasteiger partial charge in [0.25, 0.3) is 0 Å². The van der Waals surface area contributed by atoms with Crippen LogP contribution in [0.1, 0.15) is 5.69 Å². The number of carbonyl (C=O) groups is 1. The molecule has 2 N–H and O–H groups in total. The number of nitrogens with zero attached hydrogens (tertiary/aromatic N) is 1. The molecule has 0 aliphatic heterocycles.